The lowest BCUT2D eigenvalue weighted by atomic mass is 10.0. The summed E-state index contributed by atoms with van der Waals surface area (Å²) < 4.78 is 5.63. The maximum Gasteiger partial charge on any atom is 0.135 e. The van der Waals surface area contributed by atoms with Gasteiger partial charge in [0, 0.05) is 25.3 Å². The van der Waals surface area contributed by atoms with Crippen LogP contribution in [-0.4, -0.2) is 35.8 Å². The molecule has 0 aliphatic carbocycles. The van der Waals surface area contributed by atoms with E-state index in [0.717, 1.165) is 49.7 Å². The van der Waals surface area contributed by atoms with Crippen LogP contribution in [0.3, 0.4) is 0 Å². The summed E-state index contributed by atoms with van der Waals surface area (Å²) in [6.07, 6.45) is 4.23. The number of nitrogens with one attached hydrogen (secondary N) is 2. The van der Waals surface area contributed by atoms with Crippen LogP contribution >= 0.6 is 0 Å². The van der Waals surface area contributed by atoms with Crippen molar-refractivity contribution in [3.63, 3.8) is 0 Å². The molecule has 0 bridgehead atoms. The molecule has 1 aliphatic rings. The van der Waals surface area contributed by atoms with Crippen LogP contribution in [0.15, 0.2) is 6.33 Å². The van der Waals surface area contributed by atoms with Crippen molar-refractivity contribution in [1.29, 1.82) is 0 Å². The summed E-state index contributed by atoms with van der Waals surface area (Å²) >= 11 is 0. The molecule has 2 rings (SSSR count). The molecular formula is C14H24N4O. The zero-order valence-electron chi connectivity index (χ0n) is 12.1. The second kappa shape index (κ2) is 6.70. The average Bonchev–Trinajstić information content (AvgIpc) is 2.89. The highest BCUT2D eigenvalue weighted by Crippen LogP contribution is 2.28. The molecule has 0 spiro atoms. The molecule has 1 aromatic heterocycles. The third kappa shape index (κ3) is 3.56. The molecule has 2 heterocycles. The maximum absolute atomic E-state index is 5.63. The monoisotopic (exact) mass is 264 g/mol. The predicted molar refractivity (Wildman–Crippen MR) is 77.7 cm³/mol. The van der Waals surface area contributed by atoms with E-state index in [1.165, 1.54) is 0 Å². The fraction of sp³-hybridized carbons (Fsp3) is 0.714. The molecule has 0 saturated carbocycles. The van der Waals surface area contributed by atoms with E-state index in [1.54, 1.807) is 6.33 Å². The van der Waals surface area contributed by atoms with Crippen molar-refractivity contribution in [3.8, 4) is 0 Å². The summed E-state index contributed by atoms with van der Waals surface area (Å²) in [5.74, 6) is 2.24. The molecule has 0 aromatic carbocycles. The van der Waals surface area contributed by atoms with Gasteiger partial charge in [0.1, 0.15) is 18.0 Å². The van der Waals surface area contributed by atoms with Crippen molar-refractivity contribution in [3.05, 3.63) is 11.9 Å². The van der Waals surface area contributed by atoms with Crippen LogP contribution in [0.2, 0.25) is 0 Å². The minimum Gasteiger partial charge on any atom is -0.376 e. The van der Waals surface area contributed by atoms with E-state index in [9.17, 15) is 0 Å². The summed E-state index contributed by atoms with van der Waals surface area (Å²) in [4.78, 5) is 8.72. The minimum absolute atomic E-state index is 0.317. The predicted octanol–water partition coefficient (Wildman–Crippen LogP) is 2.62. The van der Waals surface area contributed by atoms with E-state index >= 15 is 0 Å². The lowest BCUT2D eigenvalue weighted by Crippen LogP contribution is -2.20. The molecule has 1 saturated heterocycles. The molecule has 1 fully saturated rings. The van der Waals surface area contributed by atoms with Crippen molar-refractivity contribution in [2.75, 3.05) is 30.3 Å². The minimum atomic E-state index is 0.317. The summed E-state index contributed by atoms with van der Waals surface area (Å²) in [5, 5.41) is 6.72. The van der Waals surface area contributed by atoms with Gasteiger partial charge in [-0.1, -0.05) is 13.8 Å². The van der Waals surface area contributed by atoms with Crippen LogP contribution in [0.1, 0.15) is 45.1 Å². The molecule has 0 radical (unpaired) electrons. The lowest BCUT2D eigenvalue weighted by Gasteiger charge is -2.18. The topological polar surface area (TPSA) is 59.1 Å². The third-order valence-electron chi connectivity index (χ3n) is 3.33. The summed E-state index contributed by atoms with van der Waals surface area (Å²) in [7, 11) is 0. The fourth-order valence-electron chi connectivity index (χ4n) is 2.41. The Morgan fingerprint density at radius 1 is 1.32 bits per heavy atom. The van der Waals surface area contributed by atoms with Crippen molar-refractivity contribution in [2.24, 2.45) is 0 Å². The molecule has 1 atom stereocenters. The largest absolute Gasteiger partial charge is 0.376 e. The Bertz CT molecular complexity index is 402. The number of rotatable bonds is 6. The molecule has 1 aromatic rings. The first-order chi connectivity index (χ1) is 9.22. The van der Waals surface area contributed by atoms with Gasteiger partial charge < -0.3 is 15.4 Å². The van der Waals surface area contributed by atoms with E-state index in [-0.39, 0.29) is 0 Å². The zero-order valence-corrected chi connectivity index (χ0v) is 12.1. The SMILES string of the molecule is CCNc1ncnc(NCC2CCCO2)c1C(C)C. The number of hydrogen-bond donors (Lipinski definition) is 2. The van der Waals surface area contributed by atoms with Crippen LogP contribution in [0, 0.1) is 0 Å². The highest BCUT2D eigenvalue weighted by atomic mass is 16.5. The number of anilines is 2. The molecular weight excluding hydrogens is 240 g/mol. The molecule has 2 N–H and O–H groups in total. The Balaban J connectivity index is 2.11. The van der Waals surface area contributed by atoms with Crippen molar-refractivity contribution in [1.82, 2.24) is 9.97 Å². The van der Waals surface area contributed by atoms with Crippen molar-refractivity contribution in [2.45, 2.75) is 45.6 Å². The summed E-state index contributed by atoms with van der Waals surface area (Å²) in [6, 6.07) is 0. The van der Waals surface area contributed by atoms with Gasteiger partial charge in [-0.25, -0.2) is 9.97 Å². The van der Waals surface area contributed by atoms with Gasteiger partial charge in [-0.15, -0.1) is 0 Å². The second-order valence-electron chi connectivity index (χ2n) is 5.19. The van der Waals surface area contributed by atoms with Crippen LogP contribution < -0.4 is 10.6 Å². The number of nitrogens with zero attached hydrogens (tertiary/aromatic N) is 2. The molecule has 1 aliphatic heterocycles. The Hall–Kier alpha value is -1.36. The van der Waals surface area contributed by atoms with Crippen LogP contribution in [-0.2, 0) is 4.74 Å². The van der Waals surface area contributed by atoms with E-state index in [0.29, 0.717) is 12.0 Å². The van der Waals surface area contributed by atoms with E-state index in [1.807, 2.05) is 0 Å². The van der Waals surface area contributed by atoms with Crippen LogP contribution in [0.25, 0.3) is 0 Å². The number of ether oxygens (including phenoxy) is 1. The Labute approximate surface area is 115 Å². The second-order valence-corrected chi connectivity index (χ2v) is 5.19. The summed E-state index contributed by atoms with van der Waals surface area (Å²) in [6.45, 7) is 8.97. The van der Waals surface area contributed by atoms with Gasteiger partial charge in [0.05, 0.1) is 6.10 Å². The van der Waals surface area contributed by atoms with Crippen LogP contribution in [0.5, 0.6) is 0 Å². The van der Waals surface area contributed by atoms with Gasteiger partial charge in [-0.05, 0) is 25.7 Å². The molecule has 0 amide bonds. The zero-order chi connectivity index (χ0) is 13.7. The van der Waals surface area contributed by atoms with Gasteiger partial charge in [-0.2, -0.15) is 0 Å². The van der Waals surface area contributed by atoms with E-state index < -0.39 is 0 Å². The molecule has 1 unspecified atom stereocenters. The fourth-order valence-corrected chi connectivity index (χ4v) is 2.41. The van der Waals surface area contributed by atoms with Crippen molar-refractivity contribution >= 4 is 11.6 Å². The van der Waals surface area contributed by atoms with Gasteiger partial charge in [-0.3, -0.25) is 0 Å². The number of aromatic nitrogens is 2. The van der Waals surface area contributed by atoms with Crippen molar-refractivity contribution < 1.29 is 4.74 Å². The first-order valence-corrected chi connectivity index (χ1v) is 7.16. The van der Waals surface area contributed by atoms with Gasteiger partial charge >= 0.3 is 0 Å². The average molecular weight is 264 g/mol. The van der Waals surface area contributed by atoms with E-state index in [4.69, 9.17) is 4.74 Å². The standard InChI is InChI=1S/C14H24N4O/c1-4-15-13-12(10(2)3)14(18-9-17-13)16-8-11-6-5-7-19-11/h9-11H,4-8H2,1-3H3,(H2,15,16,17,18). The first kappa shape index (κ1) is 14.1. The first-order valence-electron chi connectivity index (χ1n) is 7.16. The molecule has 5 nitrogen and oxygen atoms in total. The Morgan fingerprint density at radius 2 is 2.05 bits per heavy atom. The summed E-state index contributed by atoms with van der Waals surface area (Å²) in [5.41, 5.74) is 1.15. The Morgan fingerprint density at radius 3 is 2.63 bits per heavy atom. The highest BCUT2D eigenvalue weighted by Gasteiger charge is 2.18. The van der Waals surface area contributed by atoms with Gasteiger partial charge in [0.25, 0.3) is 0 Å². The quantitative estimate of drug-likeness (QED) is 0.827. The highest BCUT2D eigenvalue weighted by molar-refractivity contribution is 5.59. The normalized spacial score (nSPS) is 18.8. The van der Waals surface area contributed by atoms with E-state index in [2.05, 4.69) is 41.4 Å². The number of hydrogen-bond acceptors (Lipinski definition) is 5. The molecule has 5 heteroatoms. The molecule has 19 heavy (non-hydrogen) atoms. The maximum atomic E-state index is 5.63. The third-order valence-corrected chi connectivity index (χ3v) is 3.33. The molecule has 106 valence electrons. The lowest BCUT2D eigenvalue weighted by molar-refractivity contribution is 0.120. The Kier molecular flexibility index (Phi) is 4.96. The van der Waals surface area contributed by atoms with Gasteiger partial charge in [0.2, 0.25) is 0 Å². The van der Waals surface area contributed by atoms with Crippen LogP contribution in [0.4, 0.5) is 11.6 Å². The smallest absolute Gasteiger partial charge is 0.135 e. The van der Waals surface area contributed by atoms with Gasteiger partial charge in [0.15, 0.2) is 0 Å².